The van der Waals surface area contributed by atoms with Crippen LogP contribution >= 0.6 is 11.6 Å². The lowest BCUT2D eigenvalue weighted by atomic mass is 9.87. The first-order valence-corrected chi connectivity index (χ1v) is 8.51. The van der Waals surface area contributed by atoms with Crippen LogP contribution in [0, 0.1) is 0 Å². The average molecular weight is 343 g/mol. The zero-order chi connectivity index (χ0) is 16.7. The molecule has 2 heterocycles. The van der Waals surface area contributed by atoms with Gasteiger partial charge in [-0.15, -0.1) is 0 Å². The summed E-state index contributed by atoms with van der Waals surface area (Å²) in [6, 6.07) is 7.84. The Bertz CT molecular complexity index is 853. The van der Waals surface area contributed by atoms with Gasteiger partial charge >= 0.3 is 0 Å². The van der Waals surface area contributed by atoms with Crippen molar-refractivity contribution in [1.29, 1.82) is 0 Å². The lowest BCUT2D eigenvalue weighted by molar-refractivity contribution is 0.306. The van der Waals surface area contributed by atoms with E-state index < -0.39 is 5.66 Å². The molecule has 0 unspecified atom stereocenters. The molecule has 0 bridgehead atoms. The third kappa shape index (κ3) is 2.38. The van der Waals surface area contributed by atoms with Crippen LogP contribution in [0.3, 0.4) is 0 Å². The maximum atomic E-state index is 6.30. The second-order valence-electron chi connectivity index (χ2n) is 6.32. The van der Waals surface area contributed by atoms with Gasteiger partial charge in [-0.3, -0.25) is 9.88 Å². The summed E-state index contributed by atoms with van der Waals surface area (Å²) < 4.78 is 0. The molecule has 6 nitrogen and oxygen atoms in total. The van der Waals surface area contributed by atoms with Gasteiger partial charge in [0, 0.05) is 11.6 Å². The van der Waals surface area contributed by atoms with Crippen molar-refractivity contribution in [2.45, 2.75) is 37.8 Å². The Labute approximate surface area is 145 Å². The van der Waals surface area contributed by atoms with E-state index in [0.717, 1.165) is 42.3 Å². The summed E-state index contributed by atoms with van der Waals surface area (Å²) in [5, 5.41) is 1.52. The molecule has 1 fully saturated rings. The van der Waals surface area contributed by atoms with Crippen molar-refractivity contribution in [1.82, 2.24) is 4.98 Å². The fourth-order valence-electron chi connectivity index (χ4n) is 3.77. The topological polar surface area (TPSA) is 92.9 Å². The highest BCUT2D eigenvalue weighted by Gasteiger charge is 2.43. The van der Waals surface area contributed by atoms with Gasteiger partial charge in [0.1, 0.15) is 5.66 Å². The molecule has 2 aromatic rings. The van der Waals surface area contributed by atoms with Crippen molar-refractivity contribution < 1.29 is 0 Å². The van der Waals surface area contributed by atoms with E-state index >= 15 is 0 Å². The molecule has 0 amide bonds. The Kier molecular flexibility index (Phi) is 3.57. The van der Waals surface area contributed by atoms with Gasteiger partial charge in [0.2, 0.25) is 11.9 Å². The first kappa shape index (κ1) is 15.2. The molecule has 4 N–H and O–H groups in total. The highest BCUT2D eigenvalue weighted by atomic mass is 35.5. The molecular formula is C17H19ClN6. The molecule has 2 aliphatic rings. The van der Waals surface area contributed by atoms with Crippen LogP contribution in [-0.2, 0) is 0 Å². The van der Waals surface area contributed by atoms with Crippen LogP contribution in [0.5, 0.6) is 0 Å². The molecule has 124 valence electrons. The van der Waals surface area contributed by atoms with Crippen molar-refractivity contribution in [3.8, 4) is 0 Å². The molecule has 4 rings (SSSR count). The Hall–Kier alpha value is -2.34. The van der Waals surface area contributed by atoms with Gasteiger partial charge in [0.25, 0.3) is 0 Å². The lowest BCUT2D eigenvalue weighted by Gasteiger charge is -2.45. The fourth-order valence-corrected chi connectivity index (χ4v) is 3.93. The molecule has 7 heteroatoms. The molecule has 0 saturated heterocycles. The Morgan fingerprint density at radius 1 is 1.12 bits per heavy atom. The van der Waals surface area contributed by atoms with Gasteiger partial charge in [-0.25, -0.2) is 4.99 Å². The van der Waals surface area contributed by atoms with E-state index in [1.807, 2.05) is 29.2 Å². The van der Waals surface area contributed by atoms with Gasteiger partial charge in [-0.2, -0.15) is 4.99 Å². The fraction of sp³-hybridized carbons (Fsp3) is 0.353. The summed E-state index contributed by atoms with van der Waals surface area (Å²) >= 11 is 6.18. The number of hydrogen-bond donors (Lipinski definition) is 2. The SMILES string of the molecule is NC1=NC2(CCCCC2)N(c2cccc3ncc(Cl)cc23)C(N)=N1. The highest BCUT2D eigenvalue weighted by molar-refractivity contribution is 6.31. The zero-order valence-corrected chi connectivity index (χ0v) is 14.0. The second kappa shape index (κ2) is 5.63. The number of fused-ring (bicyclic) bond motifs is 1. The van der Waals surface area contributed by atoms with Crippen LogP contribution in [0.4, 0.5) is 5.69 Å². The minimum Gasteiger partial charge on any atom is -0.369 e. The largest absolute Gasteiger partial charge is 0.369 e. The Morgan fingerprint density at radius 2 is 1.92 bits per heavy atom. The summed E-state index contributed by atoms with van der Waals surface area (Å²) in [4.78, 5) is 15.4. The van der Waals surface area contributed by atoms with E-state index in [2.05, 4.69) is 9.98 Å². The van der Waals surface area contributed by atoms with Gasteiger partial charge < -0.3 is 11.5 Å². The number of nitrogens with zero attached hydrogens (tertiary/aromatic N) is 4. The van der Waals surface area contributed by atoms with Crippen LogP contribution in [0.2, 0.25) is 5.02 Å². The molecule has 1 saturated carbocycles. The van der Waals surface area contributed by atoms with Crippen LogP contribution in [0.25, 0.3) is 10.9 Å². The molecule has 1 spiro atoms. The normalized spacial score (nSPS) is 20.1. The molecular weight excluding hydrogens is 324 g/mol. The van der Waals surface area contributed by atoms with Crippen LogP contribution in [0.15, 0.2) is 40.4 Å². The number of halogens is 1. The minimum atomic E-state index is -0.467. The summed E-state index contributed by atoms with van der Waals surface area (Å²) in [7, 11) is 0. The number of guanidine groups is 2. The maximum absolute atomic E-state index is 6.30. The Balaban J connectivity index is 1.93. The van der Waals surface area contributed by atoms with Crippen molar-refractivity contribution >= 4 is 40.1 Å². The smallest absolute Gasteiger partial charge is 0.220 e. The van der Waals surface area contributed by atoms with E-state index in [9.17, 15) is 0 Å². The van der Waals surface area contributed by atoms with Crippen molar-refractivity contribution in [2.75, 3.05) is 4.90 Å². The van der Waals surface area contributed by atoms with Crippen LogP contribution in [-0.4, -0.2) is 22.6 Å². The average Bonchev–Trinajstić information content (AvgIpc) is 2.55. The predicted molar refractivity (Wildman–Crippen MR) is 98.3 cm³/mol. The Morgan fingerprint density at radius 3 is 2.71 bits per heavy atom. The van der Waals surface area contributed by atoms with E-state index in [4.69, 9.17) is 28.1 Å². The van der Waals surface area contributed by atoms with Crippen LogP contribution < -0.4 is 16.4 Å². The van der Waals surface area contributed by atoms with Gasteiger partial charge in [-0.05, 0) is 43.9 Å². The number of rotatable bonds is 1. The van der Waals surface area contributed by atoms with Gasteiger partial charge in [0.05, 0.1) is 16.2 Å². The highest BCUT2D eigenvalue weighted by Crippen LogP contribution is 2.41. The number of pyridine rings is 1. The van der Waals surface area contributed by atoms with Crippen molar-refractivity contribution in [2.24, 2.45) is 21.5 Å². The minimum absolute atomic E-state index is 0.252. The van der Waals surface area contributed by atoms with E-state index in [-0.39, 0.29) is 5.96 Å². The van der Waals surface area contributed by atoms with E-state index in [1.54, 1.807) is 6.20 Å². The maximum Gasteiger partial charge on any atom is 0.220 e. The summed E-state index contributed by atoms with van der Waals surface area (Å²) in [5.41, 5.74) is 13.5. The molecule has 24 heavy (non-hydrogen) atoms. The van der Waals surface area contributed by atoms with E-state index in [0.29, 0.717) is 11.0 Å². The first-order valence-electron chi connectivity index (χ1n) is 8.13. The van der Waals surface area contributed by atoms with Crippen molar-refractivity contribution in [3.63, 3.8) is 0 Å². The lowest BCUT2D eigenvalue weighted by Crippen LogP contribution is -2.58. The standard InChI is InChI=1S/C17H19ClN6/c18-11-9-12-13(21-10-11)5-4-6-14(12)24-16(20)22-15(19)23-17(24)7-2-1-3-8-17/h4-6,9-10H,1-3,7-8H2,(H4,19,20,22,23). The van der Waals surface area contributed by atoms with Crippen LogP contribution in [0.1, 0.15) is 32.1 Å². The second-order valence-corrected chi connectivity index (χ2v) is 6.75. The molecule has 0 atom stereocenters. The molecule has 0 radical (unpaired) electrons. The number of aromatic nitrogens is 1. The first-order chi connectivity index (χ1) is 11.6. The van der Waals surface area contributed by atoms with Gasteiger partial charge in [-0.1, -0.05) is 24.1 Å². The van der Waals surface area contributed by atoms with E-state index in [1.165, 1.54) is 6.42 Å². The number of hydrogen-bond acceptors (Lipinski definition) is 6. The number of nitrogens with two attached hydrogens (primary N) is 2. The van der Waals surface area contributed by atoms with Gasteiger partial charge in [0.15, 0.2) is 0 Å². The molecule has 1 aromatic carbocycles. The predicted octanol–water partition coefficient (Wildman–Crippen LogP) is 3.00. The summed E-state index contributed by atoms with van der Waals surface area (Å²) in [6.07, 6.45) is 6.82. The molecule has 1 aliphatic carbocycles. The third-order valence-electron chi connectivity index (χ3n) is 4.76. The zero-order valence-electron chi connectivity index (χ0n) is 13.2. The monoisotopic (exact) mass is 342 g/mol. The molecule has 1 aromatic heterocycles. The third-order valence-corrected chi connectivity index (χ3v) is 4.97. The molecule has 1 aliphatic heterocycles. The number of benzene rings is 1. The summed E-state index contributed by atoms with van der Waals surface area (Å²) in [6.45, 7) is 0. The number of aliphatic imine (C=N–C) groups is 2. The summed E-state index contributed by atoms with van der Waals surface area (Å²) in [5.74, 6) is 0.624. The quantitative estimate of drug-likeness (QED) is 0.833. The number of anilines is 1. The van der Waals surface area contributed by atoms with Crippen molar-refractivity contribution in [3.05, 3.63) is 35.5 Å².